The Labute approximate surface area is 133 Å². The van der Waals surface area contributed by atoms with Crippen LogP contribution in [-0.4, -0.2) is 25.7 Å². The third-order valence-electron chi connectivity index (χ3n) is 4.24. The Morgan fingerprint density at radius 3 is 1.76 bits per heavy atom. The van der Waals surface area contributed by atoms with Crippen molar-refractivity contribution in [2.24, 2.45) is 11.5 Å². The van der Waals surface area contributed by atoms with Crippen molar-refractivity contribution >= 4 is 0 Å². The van der Waals surface area contributed by atoms with Gasteiger partial charge in [0.25, 0.3) is 0 Å². The van der Waals surface area contributed by atoms with Gasteiger partial charge in [-0.25, -0.2) is 0 Å². The van der Waals surface area contributed by atoms with Gasteiger partial charge in [-0.2, -0.15) is 0 Å². The summed E-state index contributed by atoms with van der Waals surface area (Å²) in [4.78, 5) is 0. The van der Waals surface area contributed by atoms with Gasteiger partial charge in [0.15, 0.2) is 0 Å². The van der Waals surface area contributed by atoms with Gasteiger partial charge in [-0.3, -0.25) is 0 Å². The lowest BCUT2D eigenvalue weighted by molar-refractivity contribution is 0.437. The third kappa shape index (κ3) is 16.1. The lowest BCUT2D eigenvalue weighted by Crippen LogP contribution is -2.32. The molecule has 0 saturated heterocycles. The van der Waals surface area contributed by atoms with Crippen LogP contribution in [0.3, 0.4) is 0 Å². The second-order valence-electron chi connectivity index (χ2n) is 6.34. The standard InChI is InChI=1S/C18H41N3/c1-2-3-4-5-6-7-8-9-10-11-17-21-18(14-16-20)13-12-15-19/h18,21H,2-17,19-20H2,1H3. The minimum atomic E-state index is 0.581. The smallest absolute Gasteiger partial charge is 0.00795 e. The lowest BCUT2D eigenvalue weighted by Gasteiger charge is -2.17. The molecule has 1 atom stereocenters. The van der Waals surface area contributed by atoms with E-state index in [9.17, 15) is 0 Å². The van der Waals surface area contributed by atoms with Crippen LogP contribution in [0.4, 0.5) is 0 Å². The first-order valence-corrected chi connectivity index (χ1v) is 9.48. The summed E-state index contributed by atoms with van der Waals surface area (Å²) in [6.07, 6.45) is 17.4. The fraction of sp³-hybridized carbons (Fsp3) is 1.00. The molecule has 0 aromatic carbocycles. The average molecular weight is 300 g/mol. The number of hydrogen-bond acceptors (Lipinski definition) is 3. The first-order valence-electron chi connectivity index (χ1n) is 9.48. The minimum Gasteiger partial charge on any atom is -0.330 e. The van der Waals surface area contributed by atoms with Gasteiger partial charge in [0, 0.05) is 6.04 Å². The molecule has 0 aliphatic rings. The van der Waals surface area contributed by atoms with Gasteiger partial charge in [0.1, 0.15) is 0 Å². The van der Waals surface area contributed by atoms with E-state index in [4.69, 9.17) is 11.5 Å². The molecule has 3 nitrogen and oxygen atoms in total. The number of unbranched alkanes of at least 4 members (excludes halogenated alkanes) is 9. The SMILES string of the molecule is CCCCCCCCCCCCNC(CCN)CCCN. The quantitative estimate of drug-likeness (QED) is 0.356. The molecule has 0 aromatic heterocycles. The summed E-state index contributed by atoms with van der Waals surface area (Å²) >= 11 is 0. The molecule has 3 heteroatoms. The van der Waals surface area contributed by atoms with Gasteiger partial charge in [-0.05, 0) is 45.3 Å². The Morgan fingerprint density at radius 1 is 0.667 bits per heavy atom. The Balaban J connectivity index is 3.25. The number of rotatable bonds is 17. The van der Waals surface area contributed by atoms with Crippen molar-refractivity contribution in [3.8, 4) is 0 Å². The molecule has 0 fully saturated rings. The molecule has 0 heterocycles. The predicted molar refractivity (Wildman–Crippen MR) is 95.6 cm³/mol. The zero-order valence-corrected chi connectivity index (χ0v) is 14.5. The van der Waals surface area contributed by atoms with E-state index in [1.54, 1.807) is 0 Å². The minimum absolute atomic E-state index is 0.581. The van der Waals surface area contributed by atoms with Crippen LogP contribution in [0.1, 0.15) is 90.4 Å². The molecule has 0 bridgehead atoms. The Morgan fingerprint density at radius 2 is 1.24 bits per heavy atom. The molecule has 0 amide bonds. The fourth-order valence-corrected chi connectivity index (χ4v) is 2.83. The highest BCUT2D eigenvalue weighted by molar-refractivity contribution is 4.67. The van der Waals surface area contributed by atoms with Crippen LogP contribution in [0.15, 0.2) is 0 Å². The normalized spacial score (nSPS) is 12.7. The summed E-state index contributed by atoms with van der Waals surface area (Å²) in [7, 11) is 0. The van der Waals surface area contributed by atoms with Crippen molar-refractivity contribution in [1.82, 2.24) is 5.32 Å². The highest BCUT2D eigenvalue weighted by atomic mass is 14.9. The molecular formula is C18H41N3. The molecule has 0 saturated carbocycles. The molecule has 0 aromatic rings. The molecule has 0 aliphatic carbocycles. The van der Waals surface area contributed by atoms with Gasteiger partial charge >= 0.3 is 0 Å². The van der Waals surface area contributed by atoms with E-state index in [-0.39, 0.29) is 0 Å². The van der Waals surface area contributed by atoms with Crippen molar-refractivity contribution in [2.75, 3.05) is 19.6 Å². The summed E-state index contributed by atoms with van der Waals surface area (Å²) in [5, 5.41) is 3.65. The second-order valence-corrected chi connectivity index (χ2v) is 6.34. The summed E-state index contributed by atoms with van der Waals surface area (Å²) in [5.74, 6) is 0. The second kappa shape index (κ2) is 17.9. The summed E-state index contributed by atoms with van der Waals surface area (Å²) < 4.78 is 0. The van der Waals surface area contributed by atoms with Crippen molar-refractivity contribution in [2.45, 2.75) is 96.4 Å². The van der Waals surface area contributed by atoms with Crippen LogP contribution in [0, 0.1) is 0 Å². The molecule has 0 radical (unpaired) electrons. The van der Waals surface area contributed by atoms with Crippen LogP contribution >= 0.6 is 0 Å². The molecule has 128 valence electrons. The maximum Gasteiger partial charge on any atom is 0.00795 e. The van der Waals surface area contributed by atoms with Gasteiger partial charge in [0.05, 0.1) is 0 Å². The molecule has 1 unspecified atom stereocenters. The van der Waals surface area contributed by atoms with Gasteiger partial charge in [-0.1, -0.05) is 64.7 Å². The molecule has 0 rings (SSSR count). The van der Waals surface area contributed by atoms with Crippen LogP contribution in [0.2, 0.25) is 0 Å². The van der Waals surface area contributed by atoms with Gasteiger partial charge in [-0.15, -0.1) is 0 Å². The monoisotopic (exact) mass is 299 g/mol. The number of nitrogens with two attached hydrogens (primary N) is 2. The Bertz CT molecular complexity index is 185. The topological polar surface area (TPSA) is 64.1 Å². The van der Waals surface area contributed by atoms with E-state index >= 15 is 0 Å². The van der Waals surface area contributed by atoms with Crippen molar-refractivity contribution < 1.29 is 0 Å². The predicted octanol–water partition coefficient (Wildman–Crippen LogP) is 3.95. The summed E-state index contributed by atoms with van der Waals surface area (Å²) in [6, 6.07) is 0.581. The van der Waals surface area contributed by atoms with Crippen molar-refractivity contribution in [1.29, 1.82) is 0 Å². The summed E-state index contributed by atoms with van der Waals surface area (Å²) in [5.41, 5.74) is 11.2. The van der Waals surface area contributed by atoms with E-state index < -0.39 is 0 Å². The van der Waals surface area contributed by atoms with Crippen LogP contribution in [-0.2, 0) is 0 Å². The number of nitrogens with one attached hydrogen (secondary N) is 1. The van der Waals surface area contributed by atoms with Crippen LogP contribution in [0.5, 0.6) is 0 Å². The zero-order chi connectivity index (χ0) is 15.6. The van der Waals surface area contributed by atoms with Crippen LogP contribution in [0.25, 0.3) is 0 Å². The molecular weight excluding hydrogens is 258 g/mol. The fourth-order valence-electron chi connectivity index (χ4n) is 2.83. The van der Waals surface area contributed by atoms with E-state index in [0.29, 0.717) is 6.04 Å². The Hall–Kier alpha value is -0.120. The van der Waals surface area contributed by atoms with E-state index in [0.717, 1.165) is 32.5 Å². The number of hydrogen-bond donors (Lipinski definition) is 3. The highest BCUT2D eigenvalue weighted by Gasteiger charge is 2.05. The largest absolute Gasteiger partial charge is 0.330 e. The van der Waals surface area contributed by atoms with Gasteiger partial charge in [0.2, 0.25) is 0 Å². The first kappa shape index (κ1) is 20.9. The zero-order valence-electron chi connectivity index (χ0n) is 14.5. The molecule has 5 N–H and O–H groups in total. The maximum atomic E-state index is 5.66. The molecule has 21 heavy (non-hydrogen) atoms. The van der Waals surface area contributed by atoms with E-state index in [1.165, 1.54) is 70.6 Å². The lowest BCUT2D eigenvalue weighted by atomic mass is 10.1. The first-order chi connectivity index (χ1) is 10.3. The maximum absolute atomic E-state index is 5.66. The molecule has 0 spiro atoms. The Kier molecular flexibility index (Phi) is 17.8. The highest BCUT2D eigenvalue weighted by Crippen LogP contribution is 2.10. The third-order valence-corrected chi connectivity index (χ3v) is 4.24. The van der Waals surface area contributed by atoms with E-state index in [2.05, 4.69) is 12.2 Å². The average Bonchev–Trinajstić information content (AvgIpc) is 2.50. The van der Waals surface area contributed by atoms with Crippen LogP contribution < -0.4 is 16.8 Å². The van der Waals surface area contributed by atoms with Crippen molar-refractivity contribution in [3.63, 3.8) is 0 Å². The van der Waals surface area contributed by atoms with Gasteiger partial charge < -0.3 is 16.8 Å². The summed E-state index contributed by atoms with van der Waals surface area (Å²) in [6.45, 7) is 5.00. The molecule has 0 aliphatic heterocycles. The van der Waals surface area contributed by atoms with E-state index in [1.807, 2.05) is 0 Å². The van der Waals surface area contributed by atoms with Crippen molar-refractivity contribution in [3.05, 3.63) is 0 Å².